The van der Waals surface area contributed by atoms with Crippen molar-refractivity contribution in [3.05, 3.63) is 29.8 Å². The molecule has 132 valence electrons. The van der Waals surface area contributed by atoms with Gasteiger partial charge in [0.15, 0.2) is 0 Å². The molecule has 0 spiro atoms. The van der Waals surface area contributed by atoms with Crippen LogP contribution in [0, 0.1) is 0 Å². The molecular formula is C18H27N3O2S. The van der Waals surface area contributed by atoms with Gasteiger partial charge in [-0.3, -0.25) is 9.59 Å². The molecule has 1 aliphatic heterocycles. The van der Waals surface area contributed by atoms with Crippen molar-refractivity contribution in [1.82, 2.24) is 10.2 Å². The second kappa shape index (κ2) is 10.4. The van der Waals surface area contributed by atoms with E-state index in [1.54, 1.807) is 0 Å². The molecule has 1 heterocycles. The van der Waals surface area contributed by atoms with Crippen LogP contribution in [0.2, 0.25) is 0 Å². The van der Waals surface area contributed by atoms with Crippen LogP contribution in [-0.4, -0.2) is 47.9 Å². The first kappa shape index (κ1) is 18.8. The fourth-order valence-corrected chi connectivity index (χ4v) is 3.41. The lowest BCUT2D eigenvalue weighted by Crippen LogP contribution is -2.37. The van der Waals surface area contributed by atoms with Crippen LogP contribution in [0.5, 0.6) is 0 Å². The number of benzene rings is 1. The van der Waals surface area contributed by atoms with Crippen molar-refractivity contribution in [3.63, 3.8) is 0 Å². The van der Waals surface area contributed by atoms with E-state index in [0.29, 0.717) is 11.5 Å². The van der Waals surface area contributed by atoms with Gasteiger partial charge in [-0.25, -0.2) is 0 Å². The molecule has 2 rings (SSSR count). The standard InChI is InChI=1S/C18H27N3O2S/c1-2-19-12-15-7-6-8-16(11-15)20-17(22)13-24-14-18(23)21-9-4-3-5-10-21/h6-8,11,19H,2-5,9-10,12-14H2,1H3,(H,20,22). The van der Waals surface area contributed by atoms with E-state index < -0.39 is 0 Å². The summed E-state index contributed by atoms with van der Waals surface area (Å²) in [5, 5.41) is 6.16. The zero-order chi connectivity index (χ0) is 17.2. The number of piperidine rings is 1. The van der Waals surface area contributed by atoms with Gasteiger partial charge in [0, 0.05) is 25.3 Å². The van der Waals surface area contributed by atoms with E-state index in [1.807, 2.05) is 29.2 Å². The van der Waals surface area contributed by atoms with Gasteiger partial charge in [0.05, 0.1) is 11.5 Å². The molecule has 0 aliphatic carbocycles. The van der Waals surface area contributed by atoms with Crippen LogP contribution >= 0.6 is 11.8 Å². The maximum atomic E-state index is 12.0. The topological polar surface area (TPSA) is 61.4 Å². The minimum absolute atomic E-state index is 0.0629. The van der Waals surface area contributed by atoms with Crippen molar-refractivity contribution in [2.24, 2.45) is 0 Å². The fraction of sp³-hybridized carbons (Fsp3) is 0.556. The Morgan fingerprint density at radius 2 is 1.96 bits per heavy atom. The highest BCUT2D eigenvalue weighted by Crippen LogP contribution is 2.13. The second-order valence-electron chi connectivity index (χ2n) is 5.96. The van der Waals surface area contributed by atoms with Gasteiger partial charge in [0.25, 0.3) is 0 Å². The summed E-state index contributed by atoms with van der Waals surface area (Å²) >= 11 is 1.38. The van der Waals surface area contributed by atoms with E-state index in [9.17, 15) is 9.59 Å². The highest BCUT2D eigenvalue weighted by molar-refractivity contribution is 8.00. The van der Waals surface area contributed by atoms with Gasteiger partial charge >= 0.3 is 0 Å². The summed E-state index contributed by atoms with van der Waals surface area (Å²) in [6.07, 6.45) is 3.41. The number of hydrogen-bond donors (Lipinski definition) is 2. The normalized spacial score (nSPS) is 14.5. The Labute approximate surface area is 148 Å². The number of hydrogen-bond acceptors (Lipinski definition) is 4. The Morgan fingerprint density at radius 1 is 1.17 bits per heavy atom. The number of nitrogens with one attached hydrogen (secondary N) is 2. The van der Waals surface area contributed by atoms with Crippen LogP contribution in [0.3, 0.4) is 0 Å². The summed E-state index contributed by atoms with van der Waals surface area (Å²) < 4.78 is 0. The van der Waals surface area contributed by atoms with Gasteiger partial charge in [-0.1, -0.05) is 19.1 Å². The minimum Gasteiger partial charge on any atom is -0.342 e. The molecule has 2 N–H and O–H groups in total. The molecule has 1 aliphatic rings. The lowest BCUT2D eigenvalue weighted by Gasteiger charge is -2.26. The van der Waals surface area contributed by atoms with Crippen molar-refractivity contribution in [1.29, 1.82) is 0 Å². The lowest BCUT2D eigenvalue weighted by molar-refractivity contribution is -0.129. The molecule has 1 saturated heterocycles. The average molecular weight is 350 g/mol. The molecule has 0 unspecified atom stereocenters. The monoisotopic (exact) mass is 349 g/mol. The van der Waals surface area contributed by atoms with Crippen molar-refractivity contribution in [2.45, 2.75) is 32.7 Å². The highest BCUT2D eigenvalue weighted by Gasteiger charge is 2.16. The van der Waals surface area contributed by atoms with Crippen LogP contribution in [0.1, 0.15) is 31.7 Å². The predicted molar refractivity (Wildman–Crippen MR) is 100 cm³/mol. The number of anilines is 1. The first-order valence-electron chi connectivity index (χ1n) is 8.64. The number of rotatable bonds is 8. The molecule has 0 radical (unpaired) electrons. The van der Waals surface area contributed by atoms with Crippen molar-refractivity contribution in [2.75, 3.05) is 36.5 Å². The fourth-order valence-electron chi connectivity index (χ4n) is 2.69. The van der Waals surface area contributed by atoms with Gasteiger partial charge in [-0.05, 0) is 43.5 Å². The van der Waals surface area contributed by atoms with Gasteiger partial charge in [-0.15, -0.1) is 11.8 Å². The first-order valence-corrected chi connectivity index (χ1v) is 9.79. The number of thioether (sulfide) groups is 1. The molecule has 1 aromatic carbocycles. The number of likely N-dealkylation sites (tertiary alicyclic amines) is 1. The molecule has 5 nitrogen and oxygen atoms in total. The summed E-state index contributed by atoms with van der Waals surface area (Å²) in [7, 11) is 0. The van der Waals surface area contributed by atoms with Crippen LogP contribution in [0.4, 0.5) is 5.69 Å². The van der Waals surface area contributed by atoms with Crippen LogP contribution in [-0.2, 0) is 16.1 Å². The van der Waals surface area contributed by atoms with Crippen molar-refractivity contribution in [3.8, 4) is 0 Å². The number of carbonyl (C=O) groups excluding carboxylic acids is 2. The predicted octanol–water partition coefficient (Wildman–Crippen LogP) is 2.48. The zero-order valence-electron chi connectivity index (χ0n) is 14.3. The smallest absolute Gasteiger partial charge is 0.234 e. The summed E-state index contributed by atoms with van der Waals surface area (Å²) in [6.45, 7) is 5.50. The number of carbonyl (C=O) groups is 2. The Hall–Kier alpha value is -1.53. The number of nitrogens with zero attached hydrogens (tertiary/aromatic N) is 1. The largest absolute Gasteiger partial charge is 0.342 e. The lowest BCUT2D eigenvalue weighted by atomic mass is 10.1. The van der Waals surface area contributed by atoms with Crippen LogP contribution in [0.15, 0.2) is 24.3 Å². The Morgan fingerprint density at radius 3 is 2.71 bits per heavy atom. The van der Waals surface area contributed by atoms with E-state index in [-0.39, 0.29) is 11.8 Å². The van der Waals surface area contributed by atoms with Crippen molar-refractivity contribution < 1.29 is 9.59 Å². The maximum absolute atomic E-state index is 12.0. The van der Waals surface area contributed by atoms with Crippen molar-refractivity contribution >= 4 is 29.3 Å². The zero-order valence-corrected chi connectivity index (χ0v) is 15.2. The third-order valence-electron chi connectivity index (χ3n) is 3.96. The average Bonchev–Trinajstić information content (AvgIpc) is 2.61. The van der Waals surface area contributed by atoms with E-state index >= 15 is 0 Å². The van der Waals surface area contributed by atoms with Crippen LogP contribution in [0.25, 0.3) is 0 Å². The molecule has 0 aromatic heterocycles. The highest BCUT2D eigenvalue weighted by atomic mass is 32.2. The van der Waals surface area contributed by atoms with E-state index in [4.69, 9.17) is 0 Å². The maximum Gasteiger partial charge on any atom is 0.234 e. The molecule has 24 heavy (non-hydrogen) atoms. The summed E-state index contributed by atoms with van der Waals surface area (Å²) in [5.74, 6) is 0.775. The molecule has 1 aromatic rings. The molecule has 0 saturated carbocycles. The Balaban J connectivity index is 1.70. The van der Waals surface area contributed by atoms with E-state index in [0.717, 1.165) is 50.3 Å². The Kier molecular flexibility index (Phi) is 8.12. The Bertz CT molecular complexity index is 545. The summed E-state index contributed by atoms with van der Waals surface area (Å²) in [6, 6.07) is 7.83. The van der Waals surface area contributed by atoms with Gasteiger partial charge < -0.3 is 15.5 Å². The summed E-state index contributed by atoms with van der Waals surface area (Å²) in [5.41, 5.74) is 1.95. The molecular weight excluding hydrogens is 322 g/mol. The van der Waals surface area contributed by atoms with Gasteiger partial charge in [0.2, 0.25) is 11.8 Å². The molecule has 0 bridgehead atoms. The SMILES string of the molecule is CCNCc1cccc(NC(=O)CSCC(=O)N2CCCCC2)c1. The van der Waals surface area contributed by atoms with Gasteiger partial charge in [-0.2, -0.15) is 0 Å². The van der Waals surface area contributed by atoms with E-state index in [2.05, 4.69) is 17.6 Å². The molecule has 2 amide bonds. The van der Waals surface area contributed by atoms with Crippen LogP contribution < -0.4 is 10.6 Å². The third-order valence-corrected chi connectivity index (χ3v) is 4.87. The molecule has 1 fully saturated rings. The molecule has 0 atom stereocenters. The van der Waals surface area contributed by atoms with Gasteiger partial charge in [0.1, 0.15) is 0 Å². The minimum atomic E-state index is -0.0629. The second-order valence-corrected chi connectivity index (χ2v) is 6.95. The number of amides is 2. The summed E-state index contributed by atoms with van der Waals surface area (Å²) in [4.78, 5) is 26.0. The first-order chi connectivity index (χ1) is 11.7. The van der Waals surface area contributed by atoms with E-state index in [1.165, 1.54) is 18.2 Å². The molecule has 6 heteroatoms. The third kappa shape index (κ3) is 6.53. The quantitative estimate of drug-likeness (QED) is 0.757.